The van der Waals surface area contributed by atoms with E-state index in [2.05, 4.69) is 31.2 Å². The summed E-state index contributed by atoms with van der Waals surface area (Å²) in [5, 5.41) is 8.80. The van der Waals surface area contributed by atoms with Gasteiger partial charge in [0.25, 0.3) is 0 Å². The van der Waals surface area contributed by atoms with Gasteiger partial charge in [-0.3, -0.25) is 4.68 Å². The summed E-state index contributed by atoms with van der Waals surface area (Å²) in [5.41, 5.74) is 1.16. The summed E-state index contributed by atoms with van der Waals surface area (Å²) >= 11 is 6.34. The van der Waals surface area contributed by atoms with Gasteiger partial charge in [0.1, 0.15) is 0 Å². The molecule has 0 aliphatic rings. The zero-order valence-electron chi connectivity index (χ0n) is 13.3. The van der Waals surface area contributed by atoms with Gasteiger partial charge in [-0.15, -0.1) is 0 Å². The minimum atomic E-state index is 0.339. The van der Waals surface area contributed by atoms with Gasteiger partial charge >= 0.3 is 0 Å². The molecule has 0 saturated heterocycles. The molecule has 0 saturated carbocycles. The fourth-order valence-corrected chi connectivity index (χ4v) is 2.85. The molecule has 0 bridgehead atoms. The van der Waals surface area contributed by atoms with Crippen molar-refractivity contribution in [3.05, 3.63) is 16.9 Å². The number of nitrogens with zero attached hydrogens (tertiary/aromatic N) is 2. The normalized spacial score (nSPS) is 12.8. The van der Waals surface area contributed by atoms with Crippen molar-refractivity contribution in [3.8, 4) is 0 Å². The van der Waals surface area contributed by atoms with E-state index in [0.29, 0.717) is 6.04 Å². The van der Waals surface area contributed by atoms with E-state index in [0.717, 1.165) is 36.6 Å². The maximum absolute atomic E-state index is 6.34. The Labute approximate surface area is 129 Å². The quantitative estimate of drug-likeness (QED) is 0.585. The summed E-state index contributed by atoms with van der Waals surface area (Å²) in [7, 11) is 0. The SMILES string of the molecule is CCCCCCCC(NCCC)c1c(Cl)cnn1CC. The molecule has 0 amide bonds. The summed E-state index contributed by atoms with van der Waals surface area (Å²) in [6, 6.07) is 0.339. The van der Waals surface area contributed by atoms with E-state index in [4.69, 9.17) is 11.6 Å². The minimum Gasteiger partial charge on any atom is -0.309 e. The molecule has 20 heavy (non-hydrogen) atoms. The van der Waals surface area contributed by atoms with Gasteiger partial charge in [0, 0.05) is 6.54 Å². The van der Waals surface area contributed by atoms with Crippen molar-refractivity contribution >= 4 is 11.6 Å². The van der Waals surface area contributed by atoms with Gasteiger partial charge < -0.3 is 5.32 Å². The molecule has 1 rings (SSSR count). The molecule has 1 atom stereocenters. The predicted molar refractivity (Wildman–Crippen MR) is 87.3 cm³/mol. The molecular formula is C16H30ClN3. The second kappa shape index (κ2) is 10.2. The highest BCUT2D eigenvalue weighted by atomic mass is 35.5. The van der Waals surface area contributed by atoms with E-state index in [9.17, 15) is 0 Å². The van der Waals surface area contributed by atoms with Crippen LogP contribution in [0.1, 0.15) is 77.5 Å². The Morgan fingerprint density at radius 3 is 2.55 bits per heavy atom. The molecule has 0 aromatic carbocycles. The largest absolute Gasteiger partial charge is 0.309 e. The number of rotatable bonds is 11. The first-order chi connectivity index (χ1) is 9.74. The molecule has 4 heteroatoms. The lowest BCUT2D eigenvalue weighted by atomic mass is 10.0. The van der Waals surface area contributed by atoms with Crippen LogP contribution in [0.15, 0.2) is 6.20 Å². The van der Waals surface area contributed by atoms with Crippen LogP contribution in [-0.2, 0) is 6.54 Å². The van der Waals surface area contributed by atoms with Crippen LogP contribution in [0.4, 0.5) is 0 Å². The van der Waals surface area contributed by atoms with E-state index in [1.165, 1.54) is 32.1 Å². The maximum Gasteiger partial charge on any atom is 0.0834 e. The number of aromatic nitrogens is 2. The zero-order valence-corrected chi connectivity index (χ0v) is 14.0. The molecule has 116 valence electrons. The molecule has 1 heterocycles. The van der Waals surface area contributed by atoms with Crippen LogP contribution < -0.4 is 5.32 Å². The Hall–Kier alpha value is -0.540. The Bertz CT molecular complexity index is 363. The highest BCUT2D eigenvalue weighted by molar-refractivity contribution is 6.31. The van der Waals surface area contributed by atoms with Gasteiger partial charge in [0.15, 0.2) is 0 Å². The Kier molecular flexibility index (Phi) is 8.95. The summed E-state index contributed by atoms with van der Waals surface area (Å²) < 4.78 is 2.03. The van der Waals surface area contributed by atoms with Crippen LogP contribution in [0.5, 0.6) is 0 Å². The third kappa shape index (κ3) is 5.45. The number of hydrogen-bond acceptors (Lipinski definition) is 2. The molecule has 3 nitrogen and oxygen atoms in total. The number of halogens is 1. The van der Waals surface area contributed by atoms with Gasteiger partial charge in [-0.1, -0.05) is 57.6 Å². The standard InChI is InChI=1S/C16H30ClN3/c1-4-7-8-9-10-11-15(18-12-5-2)16-14(17)13-19-20(16)6-3/h13,15,18H,4-12H2,1-3H3. The minimum absolute atomic E-state index is 0.339. The van der Waals surface area contributed by atoms with Gasteiger partial charge in [-0.05, 0) is 26.3 Å². The second-order valence-electron chi connectivity index (χ2n) is 5.40. The molecule has 1 aromatic heterocycles. The van der Waals surface area contributed by atoms with E-state index in [1.807, 2.05) is 4.68 Å². The van der Waals surface area contributed by atoms with Gasteiger partial charge in [-0.25, -0.2) is 0 Å². The molecule has 0 spiro atoms. The van der Waals surface area contributed by atoms with Crippen molar-refractivity contribution in [2.45, 2.75) is 78.3 Å². The van der Waals surface area contributed by atoms with Crippen molar-refractivity contribution in [1.82, 2.24) is 15.1 Å². The molecule has 0 fully saturated rings. The number of hydrogen-bond donors (Lipinski definition) is 1. The van der Waals surface area contributed by atoms with E-state index >= 15 is 0 Å². The molecule has 0 aliphatic heterocycles. The van der Waals surface area contributed by atoms with Gasteiger partial charge in [0.2, 0.25) is 0 Å². The van der Waals surface area contributed by atoms with Crippen LogP contribution in [0.25, 0.3) is 0 Å². The monoisotopic (exact) mass is 299 g/mol. The topological polar surface area (TPSA) is 29.9 Å². The van der Waals surface area contributed by atoms with Crippen molar-refractivity contribution in [2.75, 3.05) is 6.54 Å². The van der Waals surface area contributed by atoms with Crippen LogP contribution in [0, 0.1) is 0 Å². The van der Waals surface area contributed by atoms with Crippen molar-refractivity contribution in [3.63, 3.8) is 0 Å². The maximum atomic E-state index is 6.34. The molecular weight excluding hydrogens is 270 g/mol. The highest BCUT2D eigenvalue weighted by Crippen LogP contribution is 2.27. The van der Waals surface area contributed by atoms with E-state index in [1.54, 1.807) is 6.20 Å². The summed E-state index contributed by atoms with van der Waals surface area (Å²) in [6.07, 6.45) is 10.6. The Morgan fingerprint density at radius 2 is 1.90 bits per heavy atom. The van der Waals surface area contributed by atoms with Crippen LogP contribution >= 0.6 is 11.6 Å². The predicted octanol–water partition coefficient (Wildman–Crippen LogP) is 4.96. The van der Waals surface area contributed by atoms with Crippen LogP contribution in [-0.4, -0.2) is 16.3 Å². The van der Waals surface area contributed by atoms with Crippen LogP contribution in [0.2, 0.25) is 5.02 Å². The fourth-order valence-electron chi connectivity index (χ4n) is 2.58. The molecule has 1 N–H and O–H groups in total. The van der Waals surface area contributed by atoms with Crippen molar-refractivity contribution in [1.29, 1.82) is 0 Å². The lowest BCUT2D eigenvalue weighted by Gasteiger charge is -2.20. The van der Waals surface area contributed by atoms with Crippen molar-refractivity contribution < 1.29 is 0 Å². The lowest BCUT2D eigenvalue weighted by Crippen LogP contribution is -2.25. The average molecular weight is 300 g/mol. The van der Waals surface area contributed by atoms with E-state index < -0.39 is 0 Å². The summed E-state index contributed by atoms with van der Waals surface area (Å²) in [6.45, 7) is 8.48. The first-order valence-electron chi connectivity index (χ1n) is 8.19. The molecule has 1 aromatic rings. The Balaban J connectivity index is 2.60. The van der Waals surface area contributed by atoms with Gasteiger partial charge in [-0.2, -0.15) is 5.10 Å². The van der Waals surface area contributed by atoms with E-state index in [-0.39, 0.29) is 0 Å². The number of nitrogens with one attached hydrogen (secondary N) is 1. The Morgan fingerprint density at radius 1 is 1.15 bits per heavy atom. The smallest absolute Gasteiger partial charge is 0.0834 e. The lowest BCUT2D eigenvalue weighted by molar-refractivity contribution is 0.435. The zero-order chi connectivity index (χ0) is 14.8. The average Bonchev–Trinajstić information content (AvgIpc) is 2.83. The summed E-state index contributed by atoms with van der Waals surface area (Å²) in [5.74, 6) is 0. The highest BCUT2D eigenvalue weighted by Gasteiger charge is 2.18. The first kappa shape index (κ1) is 17.5. The molecule has 0 radical (unpaired) electrons. The molecule has 1 unspecified atom stereocenters. The third-order valence-corrected chi connectivity index (χ3v) is 3.99. The second-order valence-corrected chi connectivity index (χ2v) is 5.81. The summed E-state index contributed by atoms with van der Waals surface area (Å²) in [4.78, 5) is 0. The fraction of sp³-hybridized carbons (Fsp3) is 0.812. The first-order valence-corrected chi connectivity index (χ1v) is 8.56. The van der Waals surface area contributed by atoms with Crippen molar-refractivity contribution in [2.24, 2.45) is 0 Å². The number of unbranched alkanes of at least 4 members (excludes halogenated alkanes) is 4. The van der Waals surface area contributed by atoms with Crippen LogP contribution in [0.3, 0.4) is 0 Å². The van der Waals surface area contributed by atoms with Gasteiger partial charge in [0.05, 0.1) is 23.0 Å². The number of aryl methyl sites for hydroxylation is 1. The third-order valence-electron chi connectivity index (χ3n) is 3.70. The molecule has 0 aliphatic carbocycles.